The van der Waals surface area contributed by atoms with Crippen LogP contribution >= 0.6 is 39.0 Å². The first kappa shape index (κ1) is 25.2. The lowest BCUT2D eigenvalue weighted by molar-refractivity contribution is -0.116. The molecule has 178 valence electrons. The van der Waals surface area contributed by atoms with Crippen molar-refractivity contribution in [3.8, 4) is 11.3 Å². The molecule has 4 rings (SSSR count). The van der Waals surface area contributed by atoms with Crippen molar-refractivity contribution in [3.05, 3.63) is 94.3 Å². The molecule has 4 aromatic rings. The summed E-state index contributed by atoms with van der Waals surface area (Å²) in [6.45, 7) is 1.98. The molecular weight excluding hydrogens is 542 g/mol. The van der Waals surface area contributed by atoms with Crippen molar-refractivity contribution in [1.82, 2.24) is 4.98 Å². The van der Waals surface area contributed by atoms with E-state index in [0.29, 0.717) is 23.7 Å². The second-order valence-electron chi connectivity index (χ2n) is 7.79. The van der Waals surface area contributed by atoms with Gasteiger partial charge < -0.3 is 10.6 Å². The molecule has 5 nitrogen and oxygen atoms in total. The van der Waals surface area contributed by atoms with E-state index < -0.39 is 0 Å². The normalized spacial score (nSPS) is 11.6. The molecule has 0 saturated carbocycles. The van der Waals surface area contributed by atoms with Crippen LogP contribution in [0.25, 0.3) is 11.3 Å². The Hall–Kier alpha value is -2.94. The first-order chi connectivity index (χ1) is 17.0. The average Bonchev–Trinajstić information content (AvgIpc) is 3.32. The SMILES string of the molecule is CCC(Sc1cccc(NC(=O)Cc2ccccc2)c1)C(=O)Nc1nc(-c2ccc(Br)cc2)cs1. The van der Waals surface area contributed by atoms with Crippen LogP contribution in [0.5, 0.6) is 0 Å². The Bertz CT molecular complexity index is 1290. The third-order valence-corrected chi connectivity index (χ3v) is 7.79. The van der Waals surface area contributed by atoms with Gasteiger partial charge in [-0.05, 0) is 42.3 Å². The summed E-state index contributed by atoms with van der Waals surface area (Å²) in [5.74, 6) is -0.166. The number of amides is 2. The zero-order valence-electron chi connectivity index (χ0n) is 19.0. The summed E-state index contributed by atoms with van der Waals surface area (Å²) in [5.41, 5.74) is 3.50. The minimum atomic E-state index is -0.287. The molecule has 1 heterocycles. The fraction of sp³-hybridized carbons (Fsp3) is 0.148. The number of hydrogen-bond acceptors (Lipinski definition) is 5. The number of rotatable bonds is 9. The number of benzene rings is 3. The molecule has 0 aliphatic heterocycles. The molecule has 0 fully saturated rings. The van der Waals surface area contributed by atoms with Crippen molar-refractivity contribution in [2.75, 3.05) is 10.6 Å². The Morgan fingerprint density at radius 2 is 1.77 bits per heavy atom. The van der Waals surface area contributed by atoms with Gasteiger partial charge in [0.1, 0.15) is 0 Å². The fourth-order valence-electron chi connectivity index (χ4n) is 3.39. The smallest absolute Gasteiger partial charge is 0.239 e. The second-order valence-corrected chi connectivity index (χ2v) is 10.8. The summed E-state index contributed by atoms with van der Waals surface area (Å²) in [7, 11) is 0. The molecule has 2 N–H and O–H groups in total. The lowest BCUT2D eigenvalue weighted by Gasteiger charge is -2.14. The number of nitrogens with zero attached hydrogens (tertiary/aromatic N) is 1. The molecule has 0 spiro atoms. The summed E-state index contributed by atoms with van der Waals surface area (Å²) in [6.07, 6.45) is 0.973. The highest BCUT2D eigenvalue weighted by atomic mass is 79.9. The van der Waals surface area contributed by atoms with Gasteiger partial charge in [-0.3, -0.25) is 9.59 Å². The van der Waals surface area contributed by atoms with E-state index in [9.17, 15) is 9.59 Å². The molecule has 0 saturated heterocycles. The third-order valence-electron chi connectivity index (χ3n) is 5.14. The van der Waals surface area contributed by atoms with Gasteiger partial charge in [0, 0.05) is 26.0 Å². The van der Waals surface area contributed by atoms with Crippen molar-refractivity contribution in [1.29, 1.82) is 0 Å². The predicted molar refractivity (Wildman–Crippen MR) is 149 cm³/mol. The van der Waals surface area contributed by atoms with Crippen molar-refractivity contribution in [2.45, 2.75) is 29.9 Å². The molecule has 2 amide bonds. The summed E-state index contributed by atoms with van der Waals surface area (Å²) in [5, 5.41) is 8.14. The van der Waals surface area contributed by atoms with Crippen molar-refractivity contribution in [3.63, 3.8) is 0 Å². The van der Waals surface area contributed by atoms with Crippen LogP contribution < -0.4 is 10.6 Å². The average molecular weight is 567 g/mol. The molecule has 1 atom stereocenters. The van der Waals surface area contributed by atoms with Crippen LogP contribution in [0.1, 0.15) is 18.9 Å². The molecule has 0 aliphatic rings. The number of halogens is 1. The Labute approximate surface area is 221 Å². The summed E-state index contributed by atoms with van der Waals surface area (Å²) in [4.78, 5) is 30.9. The van der Waals surface area contributed by atoms with Crippen molar-refractivity contribution < 1.29 is 9.59 Å². The zero-order chi connectivity index (χ0) is 24.6. The largest absolute Gasteiger partial charge is 0.326 e. The molecular formula is C27H24BrN3O2S2. The van der Waals surface area contributed by atoms with Gasteiger partial charge in [-0.15, -0.1) is 23.1 Å². The minimum Gasteiger partial charge on any atom is -0.326 e. The van der Waals surface area contributed by atoms with Crippen LogP contribution in [0, 0.1) is 0 Å². The lowest BCUT2D eigenvalue weighted by atomic mass is 10.1. The molecule has 1 unspecified atom stereocenters. The number of nitrogens with one attached hydrogen (secondary N) is 2. The van der Waals surface area contributed by atoms with E-state index in [0.717, 1.165) is 26.2 Å². The van der Waals surface area contributed by atoms with Crippen LogP contribution in [-0.2, 0) is 16.0 Å². The number of carbonyl (C=O) groups is 2. The standard InChI is InChI=1S/C27H24BrN3O2S2/c1-2-24(26(33)31-27-30-23(17-34-27)19-11-13-20(28)14-12-19)35-22-10-6-9-21(16-22)29-25(32)15-18-7-4-3-5-8-18/h3-14,16-17,24H,2,15H2,1H3,(H,29,32)(H,30,31,33). The van der Waals surface area contributed by atoms with E-state index in [2.05, 4.69) is 31.5 Å². The van der Waals surface area contributed by atoms with Crippen LogP contribution in [-0.4, -0.2) is 22.0 Å². The van der Waals surface area contributed by atoms with Gasteiger partial charge in [-0.2, -0.15) is 0 Å². The van der Waals surface area contributed by atoms with Crippen molar-refractivity contribution in [2.24, 2.45) is 0 Å². The highest BCUT2D eigenvalue weighted by Gasteiger charge is 2.20. The fourth-order valence-corrected chi connectivity index (χ4v) is 5.39. The maximum atomic E-state index is 13.0. The van der Waals surface area contributed by atoms with Gasteiger partial charge in [0.25, 0.3) is 0 Å². The number of thiazole rings is 1. The van der Waals surface area contributed by atoms with Gasteiger partial charge in [0.2, 0.25) is 11.8 Å². The molecule has 35 heavy (non-hydrogen) atoms. The first-order valence-corrected chi connectivity index (χ1v) is 13.7. The molecule has 0 aliphatic carbocycles. The first-order valence-electron chi connectivity index (χ1n) is 11.1. The van der Waals surface area contributed by atoms with E-state index in [4.69, 9.17) is 0 Å². The van der Waals surface area contributed by atoms with Gasteiger partial charge in [-0.25, -0.2) is 4.98 Å². The van der Waals surface area contributed by atoms with Gasteiger partial charge in [0.05, 0.1) is 17.4 Å². The molecule has 0 bridgehead atoms. The van der Waals surface area contributed by atoms with Crippen LogP contribution in [0.15, 0.2) is 93.6 Å². The van der Waals surface area contributed by atoms with Gasteiger partial charge in [0.15, 0.2) is 5.13 Å². The maximum Gasteiger partial charge on any atom is 0.239 e. The molecule has 0 radical (unpaired) electrons. The lowest BCUT2D eigenvalue weighted by Crippen LogP contribution is -2.24. The molecule has 1 aromatic heterocycles. The number of aromatic nitrogens is 1. The van der Waals surface area contributed by atoms with E-state index >= 15 is 0 Å². The minimum absolute atomic E-state index is 0.0755. The van der Waals surface area contributed by atoms with E-state index in [1.807, 2.05) is 91.2 Å². The molecule has 3 aromatic carbocycles. The van der Waals surface area contributed by atoms with Gasteiger partial charge >= 0.3 is 0 Å². The van der Waals surface area contributed by atoms with Gasteiger partial charge in [-0.1, -0.05) is 71.4 Å². The number of thioether (sulfide) groups is 1. The van der Waals surface area contributed by atoms with Crippen molar-refractivity contribution >= 4 is 61.7 Å². The zero-order valence-corrected chi connectivity index (χ0v) is 22.3. The summed E-state index contributed by atoms with van der Waals surface area (Å²) in [6, 6.07) is 25.1. The van der Waals surface area contributed by atoms with Crippen LogP contribution in [0.2, 0.25) is 0 Å². The number of hydrogen-bond donors (Lipinski definition) is 2. The second kappa shape index (κ2) is 12.2. The predicted octanol–water partition coefficient (Wildman–Crippen LogP) is 7.26. The Morgan fingerprint density at radius 1 is 1.00 bits per heavy atom. The summed E-state index contributed by atoms with van der Waals surface area (Å²) < 4.78 is 1.01. The maximum absolute atomic E-state index is 13.0. The highest BCUT2D eigenvalue weighted by Crippen LogP contribution is 2.30. The third kappa shape index (κ3) is 7.27. The number of anilines is 2. The van der Waals surface area contributed by atoms with E-state index in [1.54, 1.807) is 0 Å². The van der Waals surface area contributed by atoms with E-state index in [-0.39, 0.29) is 17.1 Å². The number of carbonyl (C=O) groups excluding carboxylic acids is 2. The Kier molecular flexibility index (Phi) is 8.74. The topological polar surface area (TPSA) is 71.1 Å². The van der Waals surface area contributed by atoms with E-state index in [1.165, 1.54) is 23.1 Å². The monoisotopic (exact) mass is 565 g/mol. The molecule has 8 heteroatoms. The Morgan fingerprint density at radius 3 is 2.51 bits per heavy atom. The highest BCUT2D eigenvalue weighted by molar-refractivity contribution is 9.10. The Balaban J connectivity index is 1.36. The van der Waals surface area contributed by atoms with Crippen LogP contribution in [0.4, 0.5) is 10.8 Å². The summed E-state index contributed by atoms with van der Waals surface area (Å²) >= 11 is 6.32. The van der Waals surface area contributed by atoms with Crippen LogP contribution in [0.3, 0.4) is 0 Å². The quantitative estimate of drug-likeness (QED) is 0.209.